The molecule has 1 aliphatic heterocycles. The molecule has 7 heteroatoms. The largest absolute Gasteiger partial charge is 0.480 e. The number of nitrogens with zero attached hydrogens (tertiary/aromatic N) is 1. The summed E-state index contributed by atoms with van der Waals surface area (Å²) in [6.07, 6.45) is 1.36. The fourth-order valence-electron chi connectivity index (χ4n) is 3.39. The molecule has 2 aromatic rings. The van der Waals surface area contributed by atoms with Gasteiger partial charge in [-0.2, -0.15) is 0 Å². The van der Waals surface area contributed by atoms with Crippen LogP contribution in [0.25, 0.3) is 11.1 Å². The third kappa shape index (κ3) is 4.59. The lowest BCUT2D eigenvalue weighted by Gasteiger charge is -2.33. The summed E-state index contributed by atoms with van der Waals surface area (Å²) in [5.41, 5.74) is 2.93. The molecule has 0 unspecified atom stereocenters. The van der Waals surface area contributed by atoms with Crippen molar-refractivity contribution in [3.8, 4) is 11.1 Å². The van der Waals surface area contributed by atoms with E-state index >= 15 is 0 Å². The Bertz CT molecular complexity index is 880. The molecule has 0 aromatic heterocycles. The van der Waals surface area contributed by atoms with Gasteiger partial charge in [0.1, 0.15) is 6.04 Å². The highest BCUT2D eigenvalue weighted by molar-refractivity contribution is 6.43. The molecule has 2 aromatic carbocycles. The lowest BCUT2D eigenvalue weighted by molar-refractivity contribution is -0.142. The van der Waals surface area contributed by atoms with Crippen molar-refractivity contribution in [2.45, 2.75) is 25.8 Å². The zero-order chi connectivity index (χ0) is 20.3. The normalized spacial score (nSPS) is 15.9. The number of halogens is 2. The van der Waals surface area contributed by atoms with Gasteiger partial charge in [-0.1, -0.05) is 47.5 Å². The molecule has 148 valence electrons. The van der Waals surface area contributed by atoms with Crippen molar-refractivity contribution in [2.75, 3.05) is 18.0 Å². The molecule has 1 saturated heterocycles. The van der Waals surface area contributed by atoms with Gasteiger partial charge in [0.2, 0.25) is 5.91 Å². The van der Waals surface area contributed by atoms with Crippen LogP contribution in [0.15, 0.2) is 42.5 Å². The number of carboxylic acids is 1. The average molecular weight is 421 g/mol. The summed E-state index contributed by atoms with van der Waals surface area (Å²) in [6.45, 7) is 2.93. The Morgan fingerprint density at radius 1 is 1.14 bits per heavy atom. The highest BCUT2D eigenvalue weighted by Gasteiger charge is 2.27. The number of carbonyl (C=O) groups excluding carboxylic acids is 1. The van der Waals surface area contributed by atoms with Crippen LogP contribution < -0.4 is 10.2 Å². The van der Waals surface area contributed by atoms with Gasteiger partial charge in [-0.3, -0.25) is 9.59 Å². The van der Waals surface area contributed by atoms with Crippen molar-refractivity contribution in [1.82, 2.24) is 5.32 Å². The molecule has 0 saturated carbocycles. The first-order chi connectivity index (χ1) is 13.4. The van der Waals surface area contributed by atoms with Crippen molar-refractivity contribution in [1.29, 1.82) is 0 Å². The molecule has 0 spiro atoms. The number of carboxylic acid groups (broad SMARTS) is 1. The van der Waals surface area contributed by atoms with Gasteiger partial charge < -0.3 is 15.3 Å². The third-order valence-electron chi connectivity index (χ3n) is 5.07. The maximum Gasteiger partial charge on any atom is 0.325 e. The summed E-state index contributed by atoms with van der Waals surface area (Å²) in [6, 6.07) is 12.8. The number of piperidine rings is 1. The summed E-state index contributed by atoms with van der Waals surface area (Å²) in [5.74, 6) is -1.38. The number of nitrogens with one attached hydrogen (secondary N) is 1. The van der Waals surface area contributed by atoms with Gasteiger partial charge in [-0.15, -0.1) is 0 Å². The molecule has 1 amide bonds. The predicted molar refractivity (Wildman–Crippen MR) is 112 cm³/mol. The van der Waals surface area contributed by atoms with Crippen molar-refractivity contribution in [3.63, 3.8) is 0 Å². The molecule has 1 heterocycles. The van der Waals surface area contributed by atoms with Gasteiger partial charge in [-0.25, -0.2) is 0 Å². The number of amides is 1. The van der Waals surface area contributed by atoms with E-state index in [1.54, 1.807) is 6.07 Å². The molecular weight excluding hydrogens is 399 g/mol. The number of hydrogen-bond acceptors (Lipinski definition) is 3. The van der Waals surface area contributed by atoms with Gasteiger partial charge in [0.15, 0.2) is 0 Å². The van der Waals surface area contributed by atoms with Crippen LogP contribution in [0.3, 0.4) is 0 Å². The van der Waals surface area contributed by atoms with Gasteiger partial charge in [-0.05, 0) is 43.5 Å². The lowest BCUT2D eigenvalue weighted by Crippen LogP contribution is -2.45. The monoisotopic (exact) mass is 420 g/mol. The Morgan fingerprint density at radius 3 is 2.50 bits per heavy atom. The quantitative estimate of drug-likeness (QED) is 0.748. The van der Waals surface area contributed by atoms with E-state index in [-0.39, 0.29) is 11.8 Å². The first-order valence-corrected chi connectivity index (χ1v) is 9.95. The fourth-order valence-corrected chi connectivity index (χ4v) is 3.80. The Morgan fingerprint density at radius 2 is 1.82 bits per heavy atom. The fraction of sp³-hybridized carbons (Fsp3) is 0.333. The second kappa shape index (κ2) is 8.84. The second-order valence-corrected chi connectivity index (χ2v) is 7.77. The van der Waals surface area contributed by atoms with Crippen molar-refractivity contribution in [3.05, 3.63) is 52.5 Å². The van der Waals surface area contributed by atoms with E-state index in [2.05, 4.69) is 16.3 Å². The van der Waals surface area contributed by atoms with Gasteiger partial charge in [0, 0.05) is 30.3 Å². The van der Waals surface area contributed by atoms with Crippen molar-refractivity contribution >= 4 is 40.8 Å². The Kier molecular flexibility index (Phi) is 6.47. The lowest BCUT2D eigenvalue weighted by atomic mass is 9.95. The zero-order valence-electron chi connectivity index (χ0n) is 15.5. The van der Waals surface area contributed by atoms with Gasteiger partial charge in [0.05, 0.1) is 10.0 Å². The molecule has 0 aliphatic carbocycles. The topological polar surface area (TPSA) is 69.6 Å². The Balaban J connectivity index is 1.67. The van der Waals surface area contributed by atoms with Crippen LogP contribution in [0, 0.1) is 5.92 Å². The minimum Gasteiger partial charge on any atom is -0.480 e. The van der Waals surface area contributed by atoms with Gasteiger partial charge in [0.25, 0.3) is 0 Å². The van der Waals surface area contributed by atoms with Crippen LogP contribution in [0.2, 0.25) is 10.0 Å². The maximum atomic E-state index is 12.2. The first kappa shape index (κ1) is 20.5. The molecule has 1 fully saturated rings. The minimum atomic E-state index is -1.03. The summed E-state index contributed by atoms with van der Waals surface area (Å²) in [4.78, 5) is 25.4. The third-order valence-corrected chi connectivity index (χ3v) is 5.89. The number of anilines is 1. The van der Waals surface area contributed by atoms with E-state index in [9.17, 15) is 9.59 Å². The summed E-state index contributed by atoms with van der Waals surface area (Å²) >= 11 is 12.5. The molecule has 0 radical (unpaired) electrons. The minimum absolute atomic E-state index is 0.163. The number of hydrogen-bond donors (Lipinski definition) is 2. The second-order valence-electron chi connectivity index (χ2n) is 6.98. The van der Waals surface area contributed by atoms with Crippen molar-refractivity contribution in [2.24, 2.45) is 5.92 Å². The van der Waals surface area contributed by atoms with Crippen LogP contribution in [0.4, 0.5) is 5.69 Å². The van der Waals surface area contributed by atoms with Crippen LogP contribution in [0.5, 0.6) is 0 Å². The average Bonchev–Trinajstić information content (AvgIpc) is 2.70. The van der Waals surface area contributed by atoms with Crippen LogP contribution in [0.1, 0.15) is 19.8 Å². The Labute approximate surface area is 174 Å². The molecule has 2 N–H and O–H groups in total. The van der Waals surface area contributed by atoms with E-state index in [1.807, 2.05) is 30.3 Å². The molecule has 0 bridgehead atoms. The molecular formula is C21H22Cl2N2O3. The van der Waals surface area contributed by atoms with Crippen molar-refractivity contribution < 1.29 is 14.7 Å². The highest BCUT2D eigenvalue weighted by atomic mass is 35.5. The number of benzene rings is 2. The van der Waals surface area contributed by atoms with Crippen LogP contribution in [-0.4, -0.2) is 36.1 Å². The molecule has 28 heavy (non-hydrogen) atoms. The zero-order valence-corrected chi connectivity index (χ0v) is 17.0. The first-order valence-electron chi connectivity index (χ1n) is 9.19. The number of carbonyl (C=O) groups is 2. The predicted octanol–water partition coefficient (Wildman–Crippen LogP) is 4.47. The molecule has 1 atom stereocenters. The number of aliphatic carboxylic acids is 1. The molecule has 5 nitrogen and oxygen atoms in total. The van der Waals surface area contributed by atoms with E-state index in [0.29, 0.717) is 22.9 Å². The van der Waals surface area contributed by atoms with Gasteiger partial charge >= 0.3 is 5.97 Å². The van der Waals surface area contributed by atoms with E-state index in [0.717, 1.165) is 29.9 Å². The maximum absolute atomic E-state index is 12.2. The van der Waals surface area contributed by atoms with Crippen LogP contribution in [-0.2, 0) is 9.59 Å². The SMILES string of the molecule is C[C@H](NC(=O)C1CCN(c2cccc(-c3cccc(Cl)c3Cl)c2)CC1)C(=O)O. The molecule has 1 aliphatic rings. The van der Waals surface area contributed by atoms with E-state index < -0.39 is 12.0 Å². The summed E-state index contributed by atoms with van der Waals surface area (Å²) in [7, 11) is 0. The van der Waals surface area contributed by atoms with E-state index in [4.69, 9.17) is 28.3 Å². The summed E-state index contributed by atoms with van der Waals surface area (Å²) < 4.78 is 0. The summed E-state index contributed by atoms with van der Waals surface area (Å²) in [5, 5.41) is 12.5. The Hall–Kier alpha value is -2.24. The number of rotatable bonds is 5. The van der Waals surface area contributed by atoms with Crippen LogP contribution >= 0.6 is 23.2 Å². The standard InChI is InChI=1S/C21H22Cl2N2O3/c1-13(21(27)28)24-20(26)14-8-10-25(11-9-14)16-5-2-4-15(12-16)17-6-3-7-18(22)19(17)23/h2-7,12-14H,8-11H2,1H3,(H,24,26)(H,27,28)/t13-/m0/s1. The smallest absolute Gasteiger partial charge is 0.325 e. The van der Waals surface area contributed by atoms with E-state index in [1.165, 1.54) is 6.92 Å². The highest BCUT2D eigenvalue weighted by Crippen LogP contribution is 2.35. The molecule has 3 rings (SSSR count).